The van der Waals surface area contributed by atoms with Crippen molar-refractivity contribution in [3.63, 3.8) is 0 Å². The van der Waals surface area contributed by atoms with Gasteiger partial charge in [-0.15, -0.1) is 0 Å². The van der Waals surface area contributed by atoms with Crippen LogP contribution in [0.5, 0.6) is 0 Å². The summed E-state index contributed by atoms with van der Waals surface area (Å²) in [7, 11) is 0. The zero-order chi connectivity index (χ0) is 21.5. The third kappa shape index (κ3) is 6.77. The van der Waals surface area contributed by atoms with Crippen molar-refractivity contribution >= 4 is 5.91 Å². The highest BCUT2D eigenvalue weighted by Crippen LogP contribution is 2.25. The van der Waals surface area contributed by atoms with Crippen LogP contribution in [-0.2, 0) is 16.1 Å². The van der Waals surface area contributed by atoms with Crippen LogP contribution in [0.15, 0.2) is 30.3 Å². The molecule has 1 amide bonds. The van der Waals surface area contributed by atoms with Crippen LogP contribution in [0, 0.1) is 0 Å². The number of likely N-dealkylation sites (tertiary alicyclic amines) is 2. The number of ether oxygens (including phenoxy) is 1. The summed E-state index contributed by atoms with van der Waals surface area (Å²) in [5.41, 5.74) is 1.37. The molecule has 1 aromatic carbocycles. The number of hydrogen-bond donors (Lipinski definition) is 1. The van der Waals surface area contributed by atoms with Gasteiger partial charge in [-0.1, -0.05) is 49.6 Å². The van der Waals surface area contributed by atoms with E-state index in [-0.39, 0.29) is 11.9 Å². The Morgan fingerprint density at radius 1 is 0.935 bits per heavy atom. The molecule has 2 heterocycles. The molecule has 3 aliphatic rings. The molecule has 0 aromatic heterocycles. The van der Waals surface area contributed by atoms with Crippen molar-refractivity contribution < 1.29 is 9.53 Å². The molecule has 1 atom stereocenters. The fourth-order valence-electron chi connectivity index (χ4n) is 5.44. The van der Waals surface area contributed by atoms with E-state index in [2.05, 4.69) is 52.4 Å². The summed E-state index contributed by atoms with van der Waals surface area (Å²) in [4.78, 5) is 17.7. The zero-order valence-corrected chi connectivity index (χ0v) is 19.3. The van der Waals surface area contributed by atoms with Crippen molar-refractivity contribution in [2.24, 2.45) is 0 Å². The third-order valence-corrected chi connectivity index (χ3v) is 7.52. The van der Waals surface area contributed by atoms with E-state index in [1.165, 1.54) is 37.7 Å². The van der Waals surface area contributed by atoms with Crippen molar-refractivity contribution in [1.29, 1.82) is 0 Å². The van der Waals surface area contributed by atoms with Crippen LogP contribution < -0.4 is 5.32 Å². The Bertz CT molecular complexity index is 660. The first-order valence-corrected chi connectivity index (χ1v) is 12.6. The molecule has 1 aliphatic carbocycles. The van der Waals surface area contributed by atoms with Gasteiger partial charge in [-0.3, -0.25) is 14.6 Å². The quantitative estimate of drug-likeness (QED) is 0.715. The Hall–Kier alpha value is -1.43. The van der Waals surface area contributed by atoms with Crippen LogP contribution in [0.1, 0.15) is 70.3 Å². The molecule has 5 heteroatoms. The average molecular weight is 428 g/mol. The van der Waals surface area contributed by atoms with Gasteiger partial charge in [0.05, 0.1) is 18.2 Å². The average Bonchev–Trinajstić information content (AvgIpc) is 2.82. The molecule has 1 aromatic rings. The number of carbonyl (C=O) groups excluding carboxylic acids is 1. The van der Waals surface area contributed by atoms with Gasteiger partial charge in [0.2, 0.25) is 5.91 Å². The highest BCUT2D eigenvalue weighted by molar-refractivity contribution is 5.81. The van der Waals surface area contributed by atoms with Crippen LogP contribution in [0.4, 0.5) is 0 Å². The summed E-state index contributed by atoms with van der Waals surface area (Å²) in [6.07, 6.45) is 11.6. The number of nitrogens with one attached hydrogen (secondary N) is 1. The molecule has 0 radical (unpaired) electrons. The van der Waals surface area contributed by atoms with Gasteiger partial charge < -0.3 is 10.1 Å². The molecule has 1 unspecified atom stereocenters. The SMILES string of the molecule is CC(C(=O)NC1CCN(Cc2ccccc2)CC1)N1CCC(OC2CCCCC2)CC1. The van der Waals surface area contributed by atoms with Gasteiger partial charge >= 0.3 is 0 Å². The Morgan fingerprint density at radius 3 is 2.26 bits per heavy atom. The fourth-order valence-corrected chi connectivity index (χ4v) is 5.44. The van der Waals surface area contributed by atoms with Crippen LogP contribution in [-0.4, -0.2) is 66.2 Å². The molecule has 5 nitrogen and oxygen atoms in total. The second-order valence-electron chi connectivity index (χ2n) is 9.85. The first kappa shape index (κ1) is 22.8. The Labute approximate surface area is 188 Å². The van der Waals surface area contributed by atoms with E-state index in [9.17, 15) is 4.79 Å². The summed E-state index contributed by atoms with van der Waals surface area (Å²) in [5, 5.41) is 3.34. The van der Waals surface area contributed by atoms with Crippen LogP contribution >= 0.6 is 0 Å². The molecule has 1 saturated carbocycles. The van der Waals surface area contributed by atoms with E-state index < -0.39 is 0 Å². The Balaban J connectivity index is 1.14. The monoisotopic (exact) mass is 427 g/mol. The van der Waals surface area contributed by atoms with Crippen molar-refractivity contribution in [2.45, 2.75) is 95.5 Å². The number of rotatable bonds is 7. The summed E-state index contributed by atoms with van der Waals surface area (Å²) in [6.45, 7) is 7.14. The lowest BCUT2D eigenvalue weighted by molar-refractivity contribution is -0.128. The molecule has 3 fully saturated rings. The molecule has 172 valence electrons. The predicted molar refractivity (Wildman–Crippen MR) is 125 cm³/mol. The van der Waals surface area contributed by atoms with E-state index in [1.54, 1.807) is 0 Å². The Morgan fingerprint density at radius 2 is 1.58 bits per heavy atom. The van der Waals surface area contributed by atoms with E-state index in [0.29, 0.717) is 18.2 Å². The lowest BCUT2D eigenvalue weighted by Crippen LogP contribution is -2.53. The number of nitrogens with zero attached hydrogens (tertiary/aromatic N) is 2. The molecule has 1 N–H and O–H groups in total. The largest absolute Gasteiger partial charge is 0.375 e. The second-order valence-corrected chi connectivity index (χ2v) is 9.85. The number of hydrogen-bond acceptors (Lipinski definition) is 4. The minimum Gasteiger partial charge on any atom is -0.375 e. The van der Waals surface area contributed by atoms with Crippen molar-refractivity contribution in [3.05, 3.63) is 35.9 Å². The maximum atomic E-state index is 12.9. The van der Waals surface area contributed by atoms with Gasteiger partial charge in [0.15, 0.2) is 0 Å². The van der Waals surface area contributed by atoms with E-state index in [0.717, 1.165) is 58.4 Å². The van der Waals surface area contributed by atoms with E-state index >= 15 is 0 Å². The summed E-state index contributed by atoms with van der Waals surface area (Å²) in [6, 6.07) is 10.9. The fraction of sp³-hybridized carbons (Fsp3) is 0.731. The topological polar surface area (TPSA) is 44.8 Å². The summed E-state index contributed by atoms with van der Waals surface area (Å²) in [5.74, 6) is 0.202. The molecule has 0 bridgehead atoms. The van der Waals surface area contributed by atoms with Crippen LogP contribution in [0.2, 0.25) is 0 Å². The van der Waals surface area contributed by atoms with Gasteiger partial charge in [0.25, 0.3) is 0 Å². The highest BCUT2D eigenvalue weighted by atomic mass is 16.5. The second kappa shape index (κ2) is 11.4. The molecular formula is C26H41N3O2. The van der Waals surface area contributed by atoms with Crippen LogP contribution in [0.25, 0.3) is 0 Å². The predicted octanol–water partition coefficient (Wildman–Crippen LogP) is 3.97. The molecule has 0 spiro atoms. The molecule has 4 rings (SSSR count). The Kier molecular flexibility index (Phi) is 8.40. The molecular weight excluding hydrogens is 386 g/mol. The first-order chi connectivity index (χ1) is 15.2. The molecule has 31 heavy (non-hydrogen) atoms. The minimum absolute atomic E-state index is 0.0435. The third-order valence-electron chi connectivity index (χ3n) is 7.52. The summed E-state index contributed by atoms with van der Waals surface area (Å²) < 4.78 is 6.36. The molecule has 2 aliphatic heterocycles. The number of amides is 1. The maximum Gasteiger partial charge on any atom is 0.237 e. The van der Waals surface area contributed by atoms with Crippen LogP contribution in [0.3, 0.4) is 0 Å². The normalized spacial score (nSPS) is 24.2. The maximum absolute atomic E-state index is 12.9. The van der Waals surface area contributed by atoms with Gasteiger partial charge in [-0.05, 0) is 51.0 Å². The highest BCUT2D eigenvalue weighted by Gasteiger charge is 2.30. The zero-order valence-electron chi connectivity index (χ0n) is 19.3. The van der Waals surface area contributed by atoms with Crippen molar-refractivity contribution in [1.82, 2.24) is 15.1 Å². The number of benzene rings is 1. The minimum atomic E-state index is -0.0435. The van der Waals surface area contributed by atoms with Gasteiger partial charge in [0.1, 0.15) is 0 Å². The van der Waals surface area contributed by atoms with Gasteiger partial charge in [-0.25, -0.2) is 0 Å². The number of carbonyl (C=O) groups is 1. The van der Waals surface area contributed by atoms with E-state index in [1.807, 2.05) is 0 Å². The first-order valence-electron chi connectivity index (χ1n) is 12.6. The lowest BCUT2D eigenvalue weighted by atomic mass is 9.97. The van der Waals surface area contributed by atoms with Crippen molar-refractivity contribution in [3.8, 4) is 0 Å². The standard InChI is InChI=1S/C26H41N3O2/c1-21(29-18-14-25(15-19-29)31-24-10-6-3-7-11-24)26(30)27-23-12-16-28(17-13-23)20-22-8-4-2-5-9-22/h2,4-5,8-9,21,23-25H,3,6-7,10-20H2,1H3,(H,27,30). The van der Waals surface area contributed by atoms with Gasteiger partial charge in [0, 0.05) is 38.8 Å². The van der Waals surface area contributed by atoms with Gasteiger partial charge in [-0.2, -0.15) is 0 Å². The summed E-state index contributed by atoms with van der Waals surface area (Å²) >= 11 is 0. The smallest absolute Gasteiger partial charge is 0.237 e. The van der Waals surface area contributed by atoms with E-state index in [4.69, 9.17) is 4.74 Å². The number of piperidine rings is 2. The molecule has 2 saturated heterocycles. The lowest BCUT2D eigenvalue weighted by Gasteiger charge is -2.38. The van der Waals surface area contributed by atoms with Crippen molar-refractivity contribution in [2.75, 3.05) is 26.2 Å².